The summed E-state index contributed by atoms with van der Waals surface area (Å²) in [5.41, 5.74) is 6.41. The van der Waals surface area contributed by atoms with Crippen LogP contribution in [-0.2, 0) is 4.74 Å². The van der Waals surface area contributed by atoms with Gasteiger partial charge in [-0.3, -0.25) is 0 Å². The maximum atomic E-state index is 11.5. The Labute approximate surface area is 102 Å². The van der Waals surface area contributed by atoms with Gasteiger partial charge in [0.2, 0.25) is 0 Å². The van der Waals surface area contributed by atoms with Gasteiger partial charge in [-0.2, -0.15) is 0 Å². The summed E-state index contributed by atoms with van der Waals surface area (Å²) in [6.07, 6.45) is 2.52. The van der Waals surface area contributed by atoms with Crippen LogP contribution in [0.15, 0.2) is 12.3 Å². The number of ether oxygens (including phenoxy) is 1. The van der Waals surface area contributed by atoms with Gasteiger partial charge in [0.15, 0.2) is 0 Å². The second kappa shape index (κ2) is 6.08. The first-order valence-electron chi connectivity index (χ1n) is 5.72. The number of rotatable bonds is 5. The Hall–Kier alpha value is -1.78. The number of hydrogen-bond acceptors (Lipinski definition) is 5. The van der Waals surface area contributed by atoms with Crippen LogP contribution in [0.25, 0.3) is 0 Å². The summed E-state index contributed by atoms with van der Waals surface area (Å²) in [5, 5.41) is 0. The van der Waals surface area contributed by atoms with E-state index in [1.54, 1.807) is 6.07 Å². The number of hydrogen-bond donors (Lipinski definition) is 1. The molecule has 0 unspecified atom stereocenters. The second-order valence-electron chi connectivity index (χ2n) is 3.70. The number of nitrogen functional groups attached to an aromatic ring is 1. The lowest BCUT2D eigenvalue weighted by molar-refractivity contribution is 0.0602. The molecule has 0 spiro atoms. The molecular formula is C12H19N3O2. The van der Waals surface area contributed by atoms with E-state index in [1.807, 2.05) is 6.92 Å². The van der Waals surface area contributed by atoms with Crippen LogP contribution >= 0.6 is 0 Å². The number of methoxy groups -OCH3 is 1. The minimum Gasteiger partial charge on any atom is -0.465 e. The van der Waals surface area contributed by atoms with Crippen molar-refractivity contribution in [2.75, 3.05) is 30.8 Å². The Kier molecular flexibility index (Phi) is 4.75. The van der Waals surface area contributed by atoms with Gasteiger partial charge in [0.25, 0.3) is 0 Å². The minimum atomic E-state index is -0.432. The third-order valence-electron chi connectivity index (χ3n) is 2.52. The fourth-order valence-corrected chi connectivity index (χ4v) is 1.62. The van der Waals surface area contributed by atoms with E-state index < -0.39 is 5.97 Å². The number of anilines is 2. The average molecular weight is 237 g/mol. The van der Waals surface area contributed by atoms with Crippen molar-refractivity contribution in [3.8, 4) is 0 Å². The highest BCUT2D eigenvalue weighted by atomic mass is 16.5. The lowest BCUT2D eigenvalue weighted by Gasteiger charge is -2.21. The summed E-state index contributed by atoms with van der Waals surface area (Å²) in [7, 11) is 1.34. The highest BCUT2D eigenvalue weighted by molar-refractivity contribution is 5.95. The first kappa shape index (κ1) is 13.3. The number of pyridine rings is 1. The number of nitrogens with two attached hydrogens (primary N) is 1. The van der Waals surface area contributed by atoms with Crippen LogP contribution < -0.4 is 10.6 Å². The molecule has 0 saturated carbocycles. The van der Waals surface area contributed by atoms with E-state index in [2.05, 4.69) is 21.5 Å². The van der Waals surface area contributed by atoms with E-state index in [0.29, 0.717) is 11.3 Å². The van der Waals surface area contributed by atoms with E-state index in [4.69, 9.17) is 5.73 Å². The third kappa shape index (κ3) is 3.09. The van der Waals surface area contributed by atoms with Crippen molar-refractivity contribution in [2.45, 2.75) is 20.3 Å². The number of esters is 1. The van der Waals surface area contributed by atoms with Gasteiger partial charge in [-0.1, -0.05) is 6.92 Å². The first-order chi connectivity index (χ1) is 8.13. The third-order valence-corrected chi connectivity index (χ3v) is 2.52. The highest BCUT2D eigenvalue weighted by Gasteiger charge is 2.14. The number of carbonyl (C=O) groups is 1. The van der Waals surface area contributed by atoms with Crippen molar-refractivity contribution in [3.05, 3.63) is 17.8 Å². The average Bonchev–Trinajstić information content (AvgIpc) is 2.36. The molecular weight excluding hydrogens is 218 g/mol. The van der Waals surface area contributed by atoms with E-state index in [9.17, 15) is 4.79 Å². The van der Waals surface area contributed by atoms with Crippen molar-refractivity contribution in [3.63, 3.8) is 0 Å². The monoisotopic (exact) mass is 237 g/mol. The van der Waals surface area contributed by atoms with Gasteiger partial charge in [0.1, 0.15) is 5.82 Å². The molecule has 1 aromatic heterocycles. The van der Waals surface area contributed by atoms with Crippen LogP contribution in [0.5, 0.6) is 0 Å². The summed E-state index contributed by atoms with van der Waals surface area (Å²) in [6, 6.07) is 1.68. The van der Waals surface area contributed by atoms with Gasteiger partial charge >= 0.3 is 5.97 Å². The van der Waals surface area contributed by atoms with E-state index in [0.717, 1.165) is 25.3 Å². The standard InChI is InChI=1S/C12H19N3O2/c1-4-6-15(5-2)11-7-9(12(16)17-3)10(13)8-14-11/h7-8H,4-6,13H2,1-3H3. The van der Waals surface area contributed by atoms with Crippen molar-refractivity contribution >= 4 is 17.5 Å². The van der Waals surface area contributed by atoms with E-state index in [-0.39, 0.29) is 0 Å². The predicted octanol–water partition coefficient (Wildman–Crippen LogP) is 1.69. The molecule has 0 bridgehead atoms. The molecule has 0 atom stereocenters. The maximum absolute atomic E-state index is 11.5. The van der Waals surface area contributed by atoms with Gasteiger partial charge in [-0.25, -0.2) is 9.78 Å². The van der Waals surface area contributed by atoms with Crippen LogP contribution in [-0.4, -0.2) is 31.2 Å². The molecule has 5 nitrogen and oxygen atoms in total. The zero-order chi connectivity index (χ0) is 12.8. The SMILES string of the molecule is CCCN(CC)c1cc(C(=O)OC)c(N)cn1. The molecule has 0 aliphatic heterocycles. The van der Waals surface area contributed by atoms with E-state index >= 15 is 0 Å². The summed E-state index contributed by atoms with van der Waals surface area (Å²) in [4.78, 5) is 17.8. The van der Waals surface area contributed by atoms with Crippen LogP contribution in [0.2, 0.25) is 0 Å². The molecule has 0 radical (unpaired) electrons. The number of aromatic nitrogens is 1. The van der Waals surface area contributed by atoms with Crippen LogP contribution in [0.3, 0.4) is 0 Å². The van der Waals surface area contributed by atoms with Gasteiger partial charge in [0, 0.05) is 13.1 Å². The van der Waals surface area contributed by atoms with Gasteiger partial charge in [-0.15, -0.1) is 0 Å². The smallest absolute Gasteiger partial charge is 0.340 e. The Morgan fingerprint density at radius 2 is 2.24 bits per heavy atom. The Morgan fingerprint density at radius 3 is 2.76 bits per heavy atom. The molecule has 1 rings (SSSR count). The quantitative estimate of drug-likeness (QED) is 0.789. The van der Waals surface area contributed by atoms with Crippen LogP contribution in [0.4, 0.5) is 11.5 Å². The largest absolute Gasteiger partial charge is 0.465 e. The lowest BCUT2D eigenvalue weighted by Crippen LogP contribution is -2.25. The molecule has 0 aliphatic carbocycles. The normalized spacial score (nSPS) is 10.1. The molecule has 0 fully saturated rings. The molecule has 94 valence electrons. The molecule has 1 heterocycles. The molecule has 0 saturated heterocycles. The number of nitrogens with zero attached hydrogens (tertiary/aromatic N) is 2. The van der Waals surface area contributed by atoms with Crippen molar-refractivity contribution in [2.24, 2.45) is 0 Å². The summed E-state index contributed by atoms with van der Waals surface area (Å²) in [5.74, 6) is 0.322. The summed E-state index contributed by atoms with van der Waals surface area (Å²) in [6.45, 7) is 5.88. The Balaban J connectivity index is 3.06. The molecule has 0 amide bonds. The fraction of sp³-hybridized carbons (Fsp3) is 0.500. The van der Waals surface area contributed by atoms with Gasteiger partial charge in [-0.05, 0) is 19.4 Å². The van der Waals surface area contributed by atoms with Crippen molar-refractivity contribution in [1.29, 1.82) is 0 Å². The zero-order valence-corrected chi connectivity index (χ0v) is 10.6. The molecule has 1 aromatic rings. The molecule has 2 N–H and O–H groups in total. The van der Waals surface area contributed by atoms with Crippen LogP contribution in [0, 0.1) is 0 Å². The van der Waals surface area contributed by atoms with Crippen LogP contribution in [0.1, 0.15) is 30.6 Å². The Bertz CT molecular complexity index is 393. The van der Waals surface area contributed by atoms with Crippen molar-refractivity contribution < 1.29 is 9.53 Å². The van der Waals surface area contributed by atoms with Gasteiger partial charge < -0.3 is 15.4 Å². The fourth-order valence-electron chi connectivity index (χ4n) is 1.62. The highest BCUT2D eigenvalue weighted by Crippen LogP contribution is 2.19. The van der Waals surface area contributed by atoms with Gasteiger partial charge in [0.05, 0.1) is 24.6 Å². The maximum Gasteiger partial charge on any atom is 0.340 e. The summed E-state index contributed by atoms with van der Waals surface area (Å²) >= 11 is 0. The van der Waals surface area contributed by atoms with Crippen molar-refractivity contribution in [1.82, 2.24) is 4.98 Å². The zero-order valence-electron chi connectivity index (χ0n) is 10.6. The first-order valence-corrected chi connectivity index (χ1v) is 5.72. The molecule has 0 aliphatic rings. The number of carbonyl (C=O) groups excluding carboxylic acids is 1. The molecule has 17 heavy (non-hydrogen) atoms. The molecule has 5 heteroatoms. The van der Waals surface area contributed by atoms with E-state index in [1.165, 1.54) is 13.3 Å². The second-order valence-corrected chi connectivity index (χ2v) is 3.70. The minimum absolute atomic E-state index is 0.341. The predicted molar refractivity (Wildman–Crippen MR) is 68.2 cm³/mol. The summed E-state index contributed by atoms with van der Waals surface area (Å²) < 4.78 is 4.68. The lowest BCUT2D eigenvalue weighted by atomic mass is 10.2. The topological polar surface area (TPSA) is 68.5 Å². The molecule has 0 aromatic carbocycles. The Morgan fingerprint density at radius 1 is 1.53 bits per heavy atom.